The summed E-state index contributed by atoms with van der Waals surface area (Å²) in [6.07, 6.45) is 1.07. The van der Waals surface area contributed by atoms with Crippen LogP contribution in [-0.4, -0.2) is 16.6 Å². The normalized spacial score (nSPS) is 11.2. The molecule has 3 rings (SSSR count). The maximum Gasteiger partial charge on any atom is 0.138 e. The summed E-state index contributed by atoms with van der Waals surface area (Å²) < 4.78 is 5.74. The third-order valence-electron chi connectivity index (χ3n) is 3.48. The van der Waals surface area contributed by atoms with Gasteiger partial charge in [0, 0.05) is 5.56 Å². The van der Waals surface area contributed by atoms with Crippen molar-refractivity contribution in [3.05, 3.63) is 48.5 Å². The molecular formula is C18H20N2O. The number of aromatic amines is 1. The number of nitrogens with zero attached hydrogens (tertiary/aromatic N) is 1. The van der Waals surface area contributed by atoms with Crippen LogP contribution in [0.2, 0.25) is 0 Å². The van der Waals surface area contributed by atoms with Crippen LogP contribution in [0.5, 0.6) is 5.75 Å². The Balaban J connectivity index is 1.74. The molecule has 0 bridgehead atoms. The predicted molar refractivity (Wildman–Crippen MR) is 86.5 cm³/mol. The first-order chi connectivity index (χ1) is 10.2. The molecule has 3 heteroatoms. The van der Waals surface area contributed by atoms with Crippen molar-refractivity contribution in [3.8, 4) is 17.1 Å². The molecule has 0 aliphatic heterocycles. The minimum Gasteiger partial charge on any atom is -0.494 e. The van der Waals surface area contributed by atoms with Gasteiger partial charge in [-0.1, -0.05) is 26.0 Å². The summed E-state index contributed by atoms with van der Waals surface area (Å²) in [5.74, 6) is 2.47. The third kappa shape index (κ3) is 3.24. The van der Waals surface area contributed by atoms with Crippen LogP contribution in [0.1, 0.15) is 20.3 Å². The molecule has 0 aliphatic carbocycles. The van der Waals surface area contributed by atoms with E-state index in [9.17, 15) is 0 Å². The average molecular weight is 280 g/mol. The second-order valence-electron chi connectivity index (χ2n) is 5.66. The monoisotopic (exact) mass is 280 g/mol. The number of rotatable bonds is 5. The lowest BCUT2D eigenvalue weighted by Crippen LogP contribution is -2.01. The van der Waals surface area contributed by atoms with Gasteiger partial charge in [-0.15, -0.1) is 0 Å². The number of ether oxygens (including phenoxy) is 1. The summed E-state index contributed by atoms with van der Waals surface area (Å²) >= 11 is 0. The van der Waals surface area contributed by atoms with Crippen LogP contribution in [0.4, 0.5) is 0 Å². The minimum atomic E-state index is 0.667. The Labute approximate surface area is 125 Å². The number of imidazole rings is 1. The molecule has 21 heavy (non-hydrogen) atoms. The second kappa shape index (κ2) is 6.00. The molecule has 0 atom stereocenters. The van der Waals surface area contributed by atoms with Gasteiger partial charge in [-0.05, 0) is 48.7 Å². The molecule has 2 aromatic carbocycles. The molecule has 3 aromatic rings. The van der Waals surface area contributed by atoms with E-state index in [-0.39, 0.29) is 0 Å². The van der Waals surface area contributed by atoms with Crippen LogP contribution in [0.25, 0.3) is 22.4 Å². The van der Waals surface area contributed by atoms with E-state index in [2.05, 4.69) is 23.8 Å². The predicted octanol–water partition coefficient (Wildman–Crippen LogP) is 4.65. The number of benzene rings is 2. The smallest absolute Gasteiger partial charge is 0.138 e. The number of nitrogens with one attached hydrogen (secondary N) is 1. The van der Waals surface area contributed by atoms with Gasteiger partial charge in [-0.3, -0.25) is 0 Å². The van der Waals surface area contributed by atoms with Crippen LogP contribution in [-0.2, 0) is 0 Å². The van der Waals surface area contributed by atoms with Crippen molar-refractivity contribution in [1.29, 1.82) is 0 Å². The van der Waals surface area contributed by atoms with E-state index in [1.54, 1.807) is 0 Å². The van der Waals surface area contributed by atoms with Gasteiger partial charge >= 0.3 is 0 Å². The van der Waals surface area contributed by atoms with Gasteiger partial charge in [0.15, 0.2) is 0 Å². The molecule has 108 valence electrons. The van der Waals surface area contributed by atoms with Gasteiger partial charge in [0.25, 0.3) is 0 Å². The molecular weight excluding hydrogens is 260 g/mol. The highest BCUT2D eigenvalue weighted by Gasteiger charge is 2.05. The molecule has 0 fully saturated rings. The summed E-state index contributed by atoms with van der Waals surface area (Å²) in [7, 11) is 0. The lowest BCUT2D eigenvalue weighted by Gasteiger charge is -2.08. The molecule has 1 N–H and O–H groups in total. The molecule has 0 radical (unpaired) electrons. The second-order valence-corrected chi connectivity index (χ2v) is 5.66. The average Bonchev–Trinajstić information content (AvgIpc) is 2.91. The third-order valence-corrected chi connectivity index (χ3v) is 3.48. The van der Waals surface area contributed by atoms with E-state index in [0.29, 0.717) is 5.92 Å². The van der Waals surface area contributed by atoms with Crippen molar-refractivity contribution in [2.45, 2.75) is 20.3 Å². The molecule has 0 unspecified atom stereocenters. The van der Waals surface area contributed by atoms with Gasteiger partial charge in [-0.25, -0.2) is 4.98 Å². The van der Waals surface area contributed by atoms with E-state index in [1.165, 1.54) is 0 Å². The Kier molecular flexibility index (Phi) is 3.91. The number of hydrogen-bond donors (Lipinski definition) is 1. The van der Waals surface area contributed by atoms with Gasteiger partial charge in [0.1, 0.15) is 11.6 Å². The first kappa shape index (κ1) is 13.7. The van der Waals surface area contributed by atoms with Crippen LogP contribution in [0.15, 0.2) is 48.5 Å². The van der Waals surface area contributed by atoms with Crippen LogP contribution < -0.4 is 4.74 Å². The van der Waals surface area contributed by atoms with Crippen molar-refractivity contribution in [2.75, 3.05) is 6.61 Å². The highest BCUT2D eigenvalue weighted by Crippen LogP contribution is 2.22. The van der Waals surface area contributed by atoms with Crippen molar-refractivity contribution >= 4 is 11.0 Å². The van der Waals surface area contributed by atoms with Crippen LogP contribution >= 0.6 is 0 Å². The van der Waals surface area contributed by atoms with Crippen molar-refractivity contribution in [1.82, 2.24) is 9.97 Å². The molecule has 1 heterocycles. The minimum absolute atomic E-state index is 0.667. The standard InChI is InChI=1S/C18H20N2O/c1-13(2)11-12-21-15-9-7-14(8-10-15)18-19-16-5-3-4-6-17(16)20-18/h3-10,13H,11-12H2,1-2H3,(H,19,20). The lowest BCUT2D eigenvalue weighted by atomic mass is 10.1. The van der Waals surface area contributed by atoms with Gasteiger partial charge in [0.05, 0.1) is 17.6 Å². The van der Waals surface area contributed by atoms with E-state index in [4.69, 9.17) is 4.74 Å². The van der Waals surface area contributed by atoms with Crippen molar-refractivity contribution in [3.63, 3.8) is 0 Å². The number of hydrogen-bond acceptors (Lipinski definition) is 2. The fourth-order valence-corrected chi connectivity index (χ4v) is 2.21. The van der Waals surface area contributed by atoms with Crippen LogP contribution in [0, 0.1) is 5.92 Å². The van der Waals surface area contributed by atoms with Crippen molar-refractivity contribution < 1.29 is 4.74 Å². The topological polar surface area (TPSA) is 37.9 Å². The lowest BCUT2D eigenvalue weighted by molar-refractivity contribution is 0.289. The number of H-pyrrole nitrogens is 1. The quantitative estimate of drug-likeness (QED) is 0.738. The Bertz CT molecular complexity index is 680. The highest BCUT2D eigenvalue weighted by atomic mass is 16.5. The molecule has 0 saturated carbocycles. The summed E-state index contributed by atoms with van der Waals surface area (Å²) in [5, 5.41) is 0. The number of fused-ring (bicyclic) bond motifs is 1. The molecule has 0 saturated heterocycles. The molecule has 0 spiro atoms. The largest absolute Gasteiger partial charge is 0.494 e. The first-order valence-electron chi connectivity index (χ1n) is 7.40. The Morgan fingerprint density at radius 2 is 1.81 bits per heavy atom. The zero-order chi connectivity index (χ0) is 14.7. The molecule has 1 aromatic heterocycles. The van der Waals surface area contributed by atoms with Crippen LogP contribution in [0.3, 0.4) is 0 Å². The van der Waals surface area contributed by atoms with Gasteiger partial charge in [-0.2, -0.15) is 0 Å². The summed E-state index contributed by atoms with van der Waals surface area (Å²) in [6.45, 7) is 5.17. The molecule has 0 aliphatic rings. The SMILES string of the molecule is CC(C)CCOc1ccc(-c2nc3ccccc3[nH]2)cc1. The zero-order valence-corrected chi connectivity index (χ0v) is 12.5. The van der Waals surface area contributed by atoms with E-state index < -0.39 is 0 Å². The summed E-state index contributed by atoms with van der Waals surface area (Å²) in [4.78, 5) is 7.94. The van der Waals surface area contributed by atoms with E-state index in [1.807, 2.05) is 48.5 Å². The fourth-order valence-electron chi connectivity index (χ4n) is 2.21. The maximum absolute atomic E-state index is 5.74. The zero-order valence-electron chi connectivity index (χ0n) is 12.5. The first-order valence-corrected chi connectivity index (χ1v) is 7.40. The molecule has 3 nitrogen and oxygen atoms in total. The van der Waals surface area contributed by atoms with Crippen molar-refractivity contribution in [2.24, 2.45) is 5.92 Å². The number of aromatic nitrogens is 2. The van der Waals surface area contributed by atoms with Gasteiger partial charge in [0.2, 0.25) is 0 Å². The van der Waals surface area contributed by atoms with E-state index >= 15 is 0 Å². The Morgan fingerprint density at radius 3 is 2.52 bits per heavy atom. The summed E-state index contributed by atoms with van der Waals surface area (Å²) in [6, 6.07) is 16.2. The Morgan fingerprint density at radius 1 is 1.05 bits per heavy atom. The van der Waals surface area contributed by atoms with Gasteiger partial charge < -0.3 is 9.72 Å². The maximum atomic E-state index is 5.74. The van der Waals surface area contributed by atoms with E-state index in [0.717, 1.165) is 41.2 Å². The Hall–Kier alpha value is -2.29. The highest BCUT2D eigenvalue weighted by molar-refractivity contribution is 5.79. The fraction of sp³-hybridized carbons (Fsp3) is 0.278. The molecule has 0 amide bonds. The number of para-hydroxylation sites is 2. The summed E-state index contributed by atoms with van der Waals surface area (Å²) in [5.41, 5.74) is 3.12.